The monoisotopic (exact) mass is 455 g/mol. The fraction of sp³-hybridized carbons (Fsp3) is 0.739. The highest BCUT2D eigenvalue weighted by Crippen LogP contribution is 2.33. The summed E-state index contributed by atoms with van der Waals surface area (Å²) in [5.41, 5.74) is 1.18. The zero-order chi connectivity index (χ0) is 21.8. The molecule has 0 amide bonds. The molecule has 2 aliphatic rings. The minimum Gasteiger partial charge on any atom is -0.229 e. The largest absolute Gasteiger partial charge is 0.243 e. The second-order valence-corrected chi connectivity index (χ2v) is 14.0. The lowest BCUT2D eigenvalue weighted by Gasteiger charge is -2.29. The third-order valence-electron chi connectivity index (χ3n) is 6.87. The SMILES string of the molecule is CC(C)S(=O)(=O)CC1CCC(CCc2ccc(S(=O)(=O)N3CCCCC3)cc2)CC1. The van der Waals surface area contributed by atoms with Crippen molar-refractivity contribution >= 4 is 19.9 Å². The fourth-order valence-corrected chi connectivity index (χ4v) is 7.55. The van der Waals surface area contributed by atoms with Crippen molar-refractivity contribution in [3.8, 4) is 0 Å². The van der Waals surface area contributed by atoms with Crippen LogP contribution in [0.25, 0.3) is 0 Å². The maximum Gasteiger partial charge on any atom is 0.243 e. The first-order valence-electron chi connectivity index (χ1n) is 11.5. The molecule has 30 heavy (non-hydrogen) atoms. The van der Waals surface area contributed by atoms with E-state index in [0.717, 1.165) is 57.8 Å². The van der Waals surface area contributed by atoms with Crippen LogP contribution in [0.15, 0.2) is 29.2 Å². The van der Waals surface area contributed by atoms with Crippen LogP contribution in [0, 0.1) is 11.8 Å². The molecule has 3 rings (SSSR count). The van der Waals surface area contributed by atoms with Crippen molar-refractivity contribution in [1.82, 2.24) is 4.31 Å². The zero-order valence-electron chi connectivity index (χ0n) is 18.4. The van der Waals surface area contributed by atoms with Crippen LogP contribution in [0.5, 0.6) is 0 Å². The summed E-state index contributed by atoms with van der Waals surface area (Å²) < 4.78 is 51.4. The van der Waals surface area contributed by atoms with Gasteiger partial charge in [0.2, 0.25) is 10.0 Å². The first kappa shape index (κ1) is 23.7. The van der Waals surface area contributed by atoms with E-state index in [1.54, 1.807) is 30.3 Å². The van der Waals surface area contributed by atoms with Gasteiger partial charge in [0.15, 0.2) is 9.84 Å². The van der Waals surface area contributed by atoms with Crippen molar-refractivity contribution in [3.63, 3.8) is 0 Å². The zero-order valence-corrected chi connectivity index (χ0v) is 20.1. The van der Waals surface area contributed by atoms with Crippen LogP contribution in [-0.4, -0.2) is 45.2 Å². The molecule has 0 radical (unpaired) electrons. The Bertz CT molecular complexity index is 878. The number of sulfonamides is 1. The molecule has 1 aliphatic carbocycles. The molecule has 1 aliphatic heterocycles. The van der Waals surface area contributed by atoms with E-state index in [1.807, 2.05) is 12.1 Å². The summed E-state index contributed by atoms with van der Waals surface area (Å²) >= 11 is 0. The third kappa shape index (κ3) is 6.07. The minimum absolute atomic E-state index is 0.281. The molecule has 0 aromatic heterocycles. The highest BCUT2D eigenvalue weighted by Gasteiger charge is 2.28. The lowest BCUT2D eigenvalue weighted by molar-refractivity contribution is 0.278. The van der Waals surface area contributed by atoms with Gasteiger partial charge in [-0.2, -0.15) is 4.31 Å². The number of sulfone groups is 1. The normalized spacial score (nSPS) is 24.2. The average molecular weight is 456 g/mol. The standard InChI is InChI=1S/C23H37NO4S2/c1-19(2)29(25,26)18-22-10-8-20(9-11-22)6-7-21-12-14-23(15-13-21)30(27,28)24-16-4-3-5-17-24/h12-15,19-20,22H,3-11,16-18H2,1-2H3. The smallest absolute Gasteiger partial charge is 0.229 e. The molecule has 1 saturated heterocycles. The van der Waals surface area contributed by atoms with Crippen LogP contribution in [0.1, 0.15) is 70.8 Å². The number of hydrogen-bond acceptors (Lipinski definition) is 4. The Labute approximate surface area is 183 Å². The average Bonchev–Trinajstić information content (AvgIpc) is 2.74. The van der Waals surface area contributed by atoms with Gasteiger partial charge < -0.3 is 0 Å². The van der Waals surface area contributed by atoms with E-state index in [2.05, 4.69) is 0 Å². The van der Waals surface area contributed by atoms with E-state index in [-0.39, 0.29) is 5.25 Å². The second-order valence-electron chi connectivity index (χ2n) is 9.41. The van der Waals surface area contributed by atoms with Crippen LogP contribution < -0.4 is 0 Å². The van der Waals surface area contributed by atoms with Gasteiger partial charge in [0.1, 0.15) is 0 Å². The van der Waals surface area contributed by atoms with Gasteiger partial charge in [-0.1, -0.05) is 31.4 Å². The summed E-state index contributed by atoms with van der Waals surface area (Å²) in [6.07, 6.45) is 9.24. The van der Waals surface area contributed by atoms with Crippen molar-refractivity contribution in [1.29, 1.82) is 0 Å². The maximum atomic E-state index is 12.8. The van der Waals surface area contributed by atoms with Crippen molar-refractivity contribution in [2.45, 2.75) is 81.8 Å². The fourth-order valence-electron chi connectivity index (χ4n) is 4.66. The van der Waals surface area contributed by atoms with Gasteiger partial charge in [0.25, 0.3) is 0 Å². The number of benzene rings is 1. The number of piperidine rings is 1. The lowest BCUT2D eigenvalue weighted by atomic mass is 9.80. The summed E-state index contributed by atoms with van der Waals surface area (Å²) in [6.45, 7) is 4.80. The molecular formula is C23H37NO4S2. The Morgan fingerprint density at radius 1 is 0.867 bits per heavy atom. The molecule has 2 fully saturated rings. The molecule has 0 spiro atoms. The lowest BCUT2D eigenvalue weighted by Crippen LogP contribution is -2.35. The molecule has 170 valence electrons. The second kappa shape index (κ2) is 10.1. The summed E-state index contributed by atoms with van der Waals surface area (Å²) in [5.74, 6) is 1.29. The van der Waals surface area contributed by atoms with E-state index >= 15 is 0 Å². The van der Waals surface area contributed by atoms with Gasteiger partial charge in [-0.25, -0.2) is 16.8 Å². The topological polar surface area (TPSA) is 71.5 Å². The molecule has 5 nitrogen and oxygen atoms in total. The van der Waals surface area contributed by atoms with Crippen molar-refractivity contribution in [3.05, 3.63) is 29.8 Å². The van der Waals surface area contributed by atoms with Gasteiger partial charge in [-0.05, 0) is 81.9 Å². The molecule has 0 N–H and O–H groups in total. The summed E-state index contributed by atoms with van der Waals surface area (Å²) in [5, 5.41) is -0.281. The Balaban J connectivity index is 1.47. The summed E-state index contributed by atoms with van der Waals surface area (Å²) in [7, 11) is -6.31. The number of aryl methyl sites for hydroxylation is 1. The van der Waals surface area contributed by atoms with E-state index in [4.69, 9.17) is 0 Å². The predicted molar refractivity (Wildman–Crippen MR) is 122 cm³/mol. The van der Waals surface area contributed by atoms with Crippen LogP contribution >= 0.6 is 0 Å². The molecule has 0 atom stereocenters. The number of nitrogens with zero attached hydrogens (tertiary/aromatic N) is 1. The molecule has 7 heteroatoms. The van der Waals surface area contributed by atoms with E-state index < -0.39 is 19.9 Å². The number of rotatable bonds is 8. The quantitative estimate of drug-likeness (QED) is 0.582. The predicted octanol–water partition coefficient (Wildman–Crippen LogP) is 4.42. The van der Waals surface area contributed by atoms with E-state index in [9.17, 15) is 16.8 Å². The molecular weight excluding hydrogens is 418 g/mol. The van der Waals surface area contributed by atoms with E-state index in [1.165, 1.54) is 5.56 Å². The van der Waals surface area contributed by atoms with Crippen LogP contribution in [0.3, 0.4) is 0 Å². The van der Waals surface area contributed by atoms with E-state index in [0.29, 0.717) is 35.6 Å². The van der Waals surface area contributed by atoms with Crippen LogP contribution in [0.4, 0.5) is 0 Å². The highest BCUT2D eigenvalue weighted by molar-refractivity contribution is 7.92. The van der Waals surface area contributed by atoms with Gasteiger partial charge in [-0.3, -0.25) is 0 Å². The third-order valence-corrected chi connectivity index (χ3v) is 11.2. The Hall–Kier alpha value is -0.920. The first-order valence-corrected chi connectivity index (χ1v) is 14.6. The van der Waals surface area contributed by atoms with Gasteiger partial charge in [-0.15, -0.1) is 0 Å². The summed E-state index contributed by atoms with van der Waals surface area (Å²) in [4.78, 5) is 0.403. The van der Waals surface area contributed by atoms with Crippen molar-refractivity contribution in [2.24, 2.45) is 11.8 Å². The molecule has 1 heterocycles. The molecule has 1 aromatic carbocycles. The Morgan fingerprint density at radius 2 is 1.43 bits per heavy atom. The Kier molecular flexibility index (Phi) is 8.02. The summed E-state index contributed by atoms with van der Waals surface area (Å²) in [6, 6.07) is 7.43. The Morgan fingerprint density at radius 3 is 2.00 bits per heavy atom. The van der Waals surface area contributed by atoms with Gasteiger partial charge in [0.05, 0.1) is 15.9 Å². The molecule has 1 aromatic rings. The van der Waals surface area contributed by atoms with Crippen molar-refractivity contribution in [2.75, 3.05) is 18.8 Å². The van der Waals surface area contributed by atoms with Crippen LogP contribution in [0.2, 0.25) is 0 Å². The highest BCUT2D eigenvalue weighted by atomic mass is 32.2. The molecule has 0 bridgehead atoms. The van der Waals surface area contributed by atoms with Crippen LogP contribution in [-0.2, 0) is 26.3 Å². The molecule has 0 unspecified atom stereocenters. The first-order chi connectivity index (χ1) is 14.2. The van der Waals surface area contributed by atoms with Gasteiger partial charge in [0, 0.05) is 13.1 Å². The minimum atomic E-state index is -3.36. The number of hydrogen-bond donors (Lipinski definition) is 0. The van der Waals surface area contributed by atoms with Gasteiger partial charge >= 0.3 is 0 Å². The maximum absolute atomic E-state index is 12.8. The van der Waals surface area contributed by atoms with Crippen molar-refractivity contribution < 1.29 is 16.8 Å². The molecule has 1 saturated carbocycles.